The number of rotatable bonds is 6. The SMILES string of the molecule is CC(C)N(CC(=O)Nc1cc(C(C)(C)C)nn1-c1ccccc1Cl)C(=O)c1ccc(Cl)c(Cl)c1. The number of halogens is 3. The summed E-state index contributed by atoms with van der Waals surface area (Å²) in [6, 6.07) is 13.5. The lowest BCUT2D eigenvalue weighted by Crippen LogP contribution is -2.42. The van der Waals surface area contributed by atoms with Gasteiger partial charge in [-0.15, -0.1) is 0 Å². The Labute approximate surface area is 214 Å². The van der Waals surface area contributed by atoms with Gasteiger partial charge in [-0.3, -0.25) is 9.59 Å². The molecule has 0 saturated heterocycles. The molecule has 1 aromatic heterocycles. The zero-order valence-electron chi connectivity index (χ0n) is 19.7. The minimum Gasteiger partial charge on any atom is -0.327 e. The number of hydrogen-bond donors (Lipinski definition) is 1. The van der Waals surface area contributed by atoms with Crippen LogP contribution in [0.2, 0.25) is 15.1 Å². The molecule has 0 saturated carbocycles. The van der Waals surface area contributed by atoms with Crippen molar-refractivity contribution in [3.8, 4) is 5.69 Å². The third-order valence-corrected chi connectivity index (χ3v) is 6.25. The van der Waals surface area contributed by atoms with E-state index in [-0.39, 0.29) is 34.8 Å². The first-order valence-corrected chi connectivity index (χ1v) is 11.9. The summed E-state index contributed by atoms with van der Waals surface area (Å²) in [4.78, 5) is 27.7. The van der Waals surface area contributed by atoms with Crippen LogP contribution >= 0.6 is 34.8 Å². The highest BCUT2D eigenvalue weighted by atomic mass is 35.5. The van der Waals surface area contributed by atoms with E-state index in [4.69, 9.17) is 39.9 Å². The van der Waals surface area contributed by atoms with Gasteiger partial charge in [0.15, 0.2) is 0 Å². The van der Waals surface area contributed by atoms with E-state index >= 15 is 0 Å². The number of aromatic nitrogens is 2. The van der Waals surface area contributed by atoms with E-state index in [1.807, 2.05) is 58.9 Å². The quantitative estimate of drug-likeness (QED) is 0.396. The molecule has 3 aromatic rings. The number of anilines is 1. The van der Waals surface area contributed by atoms with Gasteiger partial charge in [0.1, 0.15) is 12.4 Å². The third-order valence-electron chi connectivity index (χ3n) is 5.19. The molecule has 1 N–H and O–H groups in total. The summed E-state index contributed by atoms with van der Waals surface area (Å²) in [7, 11) is 0. The van der Waals surface area contributed by atoms with Crippen molar-refractivity contribution in [2.45, 2.75) is 46.1 Å². The van der Waals surface area contributed by atoms with E-state index in [2.05, 4.69) is 5.32 Å². The maximum atomic E-state index is 13.1. The summed E-state index contributed by atoms with van der Waals surface area (Å²) in [5, 5.41) is 8.73. The Hall–Kier alpha value is -2.54. The molecular weight excluding hydrogens is 495 g/mol. The molecule has 3 rings (SSSR count). The minimum absolute atomic E-state index is 0.157. The number of nitrogens with zero attached hydrogens (tertiary/aromatic N) is 3. The van der Waals surface area contributed by atoms with Crippen LogP contribution in [0.1, 0.15) is 50.7 Å². The van der Waals surface area contributed by atoms with Crippen molar-refractivity contribution in [2.24, 2.45) is 0 Å². The number of carbonyl (C=O) groups excluding carboxylic acids is 2. The lowest BCUT2D eigenvalue weighted by Gasteiger charge is -2.26. The summed E-state index contributed by atoms with van der Waals surface area (Å²) >= 11 is 18.5. The fraction of sp³-hybridized carbons (Fsp3) is 0.320. The van der Waals surface area contributed by atoms with Gasteiger partial charge >= 0.3 is 0 Å². The van der Waals surface area contributed by atoms with E-state index in [1.165, 1.54) is 11.0 Å². The number of para-hydroxylation sites is 1. The standard InChI is InChI=1S/C25H27Cl3N4O2/c1-15(2)31(24(34)16-10-11-17(26)19(28)12-16)14-23(33)29-22-13-21(25(3,4)5)30-32(22)20-9-7-6-8-18(20)27/h6-13,15H,14H2,1-5H3,(H,29,33). The molecule has 2 amide bonds. The largest absolute Gasteiger partial charge is 0.327 e. The van der Waals surface area contributed by atoms with Crippen LogP contribution in [0.5, 0.6) is 0 Å². The van der Waals surface area contributed by atoms with E-state index < -0.39 is 0 Å². The van der Waals surface area contributed by atoms with E-state index in [1.54, 1.807) is 22.9 Å². The fourth-order valence-corrected chi connectivity index (χ4v) is 3.78. The molecule has 6 nitrogen and oxygen atoms in total. The van der Waals surface area contributed by atoms with Crippen LogP contribution in [0.4, 0.5) is 5.82 Å². The van der Waals surface area contributed by atoms with Gasteiger partial charge in [0.2, 0.25) is 5.91 Å². The van der Waals surface area contributed by atoms with Crippen molar-refractivity contribution in [1.29, 1.82) is 0 Å². The van der Waals surface area contributed by atoms with Crippen molar-refractivity contribution in [2.75, 3.05) is 11.9 Å². The second-order valence-corrected chi connectivity index (χ2v) is 10.5. The van der Waals surface area contributed by atoms with Crippen LogP contribution in [0.15, 0.2) is 48.5 Å². The first-order chi connectivity index (χ1) is 15.9. The zero-order valence-corrected chi connectivity index (χ0v) is 22.0. The molecule has 0 unspecified atom stereocenters. The molecule has 0 fully saturated rings. The van der Waals surface area contributed by atoms with Crippen molar-refractivity contribution in [3.05, 3.63) is 74.9 Å². The molecule has 9 heteroatoms. The summed E-state index contributed by atoms with van der Waals surface area (Å²) in [5.74, 6) is -0.219. The molecule has 0 spiro atoms. The number of benzene rings is 2. The Morgan fingerprint density at radius 3 is 2.26 bits per heavy atom. The third kappa shape index (κ3) is 5.93. The maximum Gasteiger partial charge on any atom is 0.254 e. The van der Waals surface area contributed by atoms with Crippen LogP contribution in [0.25, 0.3) is 5.69 Å². The maximum absolute atomic E-state index is 13.1. The predicted octanol–water partition coefficient (Wildman–Crippen LogP) is 6.62. The Morgan fingerprint density at radius 2 is 1.68 bits per heavy atom. The van der Waals surface area contributed by atoms with Gasteiger partial charge in [0, 0.05) is 23.1 Å². The molecule has 34 heavy (non-hydrogen) atoms. The average Bonchev–Trinajstić information content (AvgIpc) is 3.17. The fourth-order valence-electron chi connectivity index (χ4n) is 3.26. The summed E-state index contributed by atoms with van der Waals surface area (Å²) in [5.41, 5.74) is 1.53. The number of amides is 2. The lowest BCUT2D eigenvalue weighted by molar-refractivity contribution is -0.117. The molecule has 0 aliphatic carbocycles. The van der Waals surface area contributed by atoms with E-state index in [0.29, 0.717) is 27.1 Å². The normalized spacial score (nSPS) is 11.6. The summed E-state index contributed by atoms with van der Waals surface area (Å²) in [6.07, 6.45) is 0. The van der Waals surface area contributed by atoms with Crippen molar-refractivity contribution in [3.63, 3.8) is 0 Å². The second-order valence-electron chi connectivity index (χ2n) is 9.23. The van der Waals surface area contributed by atoms with Crippen LogP contribution in [0, 0.1) is 0 Å². The van der Waals surface area contributed by atoms with Crippen molar-refractivity contribution in [1.82, 2.24) is 14.7 Å². The molecular formula is C25H27Cl3N4O2. The van der Waals surface area contributed by atoms with Crippen LogP contribution in [-0.2, 0) is 10.2 Å². The number of hydrogen-bond acceptors (Lipinski definition) is 3. The zero-order chi connectivity index (χ0) is 25.2. The highest BCUT2D eigenvalue weighted by Crippen LogP contribution is 2.29. The first-order valence-electron chi connectivity index (χ1n) is 10.8. The molecule has 0 aliphatic heterocycles. The van der Waals surface area contributed by atoms with Crippen LogP contribution in [-0.4, -0.2) is 39.1 Å². The van der Waals surface area contributed by atoms with Gasteiger partial charge in [0.25, 0.3) is 5.91 Å². The average molecular weight is 522 g/mol. The lowest BCUT2D eigenvalue weighted by atomic mass is 9.92. The number of nitrogens with one attached hydrogen (secondary N) is 1. The molecule has 2 aromatic carbocycles. The molecule has 0 bridgehead atoms. The molecule has 1 heterocycles. The van der Waals surface area contributed by atoms with E-state index in [9.17, 15) is 9.59 Å². The molecule has 180 valence electrons. The van der Waals surface area contributed by atoms with Gasteiger partial charge in [0.05, 0.1) is 26.4 Å². The molecule has 0 radical (unpaired) electrons. The molecule has 0 aliphatic rings. The number of carbonyl (C=O) groups is 2. The molecule has 0 atom stereocenters. The predicted molar refractivity (Wildman–Crippen MR) is 139 cm³/mol. The van der Waals surface area contributed by atoms with Gasteiger partial charge < -0.3 is 10.2 Å². The Balaban J connectivity index is 1.89. The van der Waals surface area contributed by atoms with Crippen LogP contribution < -0.4 is 5.32 Å². The van der Waals surface area contributed by atoms with Gasteiger partial charge in [-0.2, -0.15) is 5.10 Å². The summed E-state index contributed by atoms with van der Waals surface area (Å²) < 4.78 is 1.61. The van der Waals surface area contributed by atoms with Gasteiger partial charge in [-0.05, 0) is 44.2 Å². The highest BCUT2D eigenvalue weighted by molar-refractivity contribution is 6.42. The smallest absolute Gasteiger partial charge is 0.254 e. The minimum atomic E-state index is -0.365. The van der Waals surface area contributed by atoms with Crippen molar-refractivity contribution < 1.29 is 9.59 Å². The van der Waals surface area contributed by atoms with E-state index in [0.717, 1.165) is 5.69 Å². The Morgan fingerprint density at radius 1 is 1.00 bits per heavy atom. The Kier molecular flexibility index (Phi) is 7.96. The first kappa shape index (κ1) is 26.1. The second kappa shape index (κ2) is 10.4. The monoisotopic (exact) mass is 520 g/mol. The van der Waals surface area contributed by atoms with Crippen molar-refractivity contribution >= 4 is 52.4 Å². The van der Waals surface area contributed by atoms with Gasteiger partial charge in [-0.1, -0.05) is 67.7 Å². The van der Waals surface area contributed by atoms with Gasteiger partial charge in [-0.25, -0.2) is 4.68 Å². The highest BCUT2D eigenvalue weighted by Gasteiger charge is 2.25. The topological polar surface area (TPSA) is 67.2 Å². The van der Waals surface area contributed by atoms with Crippen LogP contribution in [0.3, 0.4) is 0 Å². The summed E-state index contributed by atoms with van der Waals surface area (Å²) in [6.45, 7) is 9.63. The Bertz CT molecular complexity index is 1220.